The van der Waals surface area contributed by atoms with Gasteiger partial charge in [-0.25, -0.2) is 4.79 Å². The first-order valence-electron chi connectivity index (χ1n) is 7.36. The molecule has 23 heavy (non-hydrogen) atoms. The van der Waals surface area contributed by atoms with Crippen molar-refractivity contribution in [3.63, 3.8) is 0 Å². The van der Waals surface area contributed by atoms with Crippen molar-refractivity contribution in [3.8, 4) is 0 Å². The van der Waals surface area contributed by atoms with Gasteiger partial charge in [0, 0.05) is 17.8 Å². The number of aromatic nitrogens is 2. The molecule has 3 N–H and O–H groups in total. The van der Waals surface area contributed by atoms with E-state index < -0.39 is 30.5 Å². The summed E-state index contributed by atoms with van der Waals surface area (Å²) in [4.78, 5) is 14.5. The quantitative estimate of drug-likeness (QED) is 0.548. The van der Waals surface area contributed by atoms with E-state index in [1.807, 2.05) is 25.3 Å². The lowest BCUT2D eigenvalue weighted by atomic mass is 10.1. The molecule has 1 saturated heterocycles. The van der Waals surface area contributed by atoms with Gasteiger partial charge in [0.25, 0.3) is 6.23 Å². The Kier molecular flexibility index (Phi) is 4.42. The van der Waals surface area contributed by atoms with Gasteiger partial charge >= 0.3 is 5.97 Å². The molecule has 122 valence electrons. The second kappa shape index (κ2) is 6.49. The standard InChI is InChI=1S/C16H18N2O5/c1-10-4-3-7-18(8-10)15-14(20)13(19)12(23-15)9-22-16(21)11-5-2-6-17-11/h2-8,12-15,19-20H,9H2,1H3/p+1. The second-order valence-corrected chi connectivity index (χ2v) is 5.56. The highest BCUT2D eigenvalue weighted by Gasteiger charge is 2.48. The van der Waals surface area contributed by atoms with E-state index in [2.05, 4.69) is 4.98 Å². The maximum absolute atomic E-state index is 11.8. The van der Waals surface area contributed by atoms with E-state index in [0.717, 1.165) is 5.56 Å². The number of nitrogens with one attached hydrogen (secondary N) is 1. The van der Waals surface area contributed by atoms with Crippen LogP contribution in [0.4, 0.5) is 0 Å². The van der Waals surface area contributed by atoms with Gasteiger partial charge in [-0.05, 0) is 25.1 Å². The largest absolute Gasteiger partial charge is 0.458 e. The summed E-state index contributed by atoms with van der Waals surface area (Å²) in [5, 5.41) is 20.3. The van der Waals surface area contributed by atoms with E-state index in [4.69, 9.17) is 9.47 Å². The number of aromatic amines is 1. The number of aliphatic hydroxyl groups is 2. The molecule has 2 aromatic heterocycles. The maximum Gasteiger partial charge on any atom is 0.354 e. The van der Waals surface area contributed by atoms with E-state index in [0.29, 0.717) is 5.69 Å². The molecule has 1 aliphatic rings. The van der Waals surface area contributed by atoms with Crippen LogP contribution in [0, 0.1) is 6.92 Å². The van der Waals surface area contributed by atoms with Gasteiger partial charge in [0.1, 0.15) is 24.5 Å². The summed E-state index contributed by atoms with van der Waals surface area (Å²) in [7, 11) is 0. The van der Waals surface area contributed by atoms with E-state index in [-0.39, 0.29) is 6.61 Å². The highest BCUT2D eigenvalue weighted by molar-refractivity contribution is 5.87. The van der Waals surface area contributed by atoms with E-state index >= 15 is 0 Å². The fourth-order valence-corrected chi connectivity index (χ4v) is 2.58. The van der Waals surface area contributed by atoms with Crippen LogP contribution in [0.2, 0.25) is 0 Å². The number of rotatable bonds is 4. The zero-order valence-electron chi connectivity index (χ0n) is 12.6. The molecule has 4 unspecified atom stereocenters. The molecule has 1 fully saturated rings. The summed E-state index contributed by atoms with van der Waals surface area (Å²) >= 11 is 0. The van der Waals surface area contributed by atoms with Crippen LogP contribution in [-0.2, 0) is 9.47 Å². The zero-order valence-corrected chi connectivity index (χ0v) is 12.6. The molecule has 0 bridgehead atoms. The number of carbonyl (C=O) groups is 1. The molecule has 0 spiro atoms. The lowest BCUT2D eigenvalue weighted by Gasteiger charge is -2.13. The summed E-state index contributed by atoms with van der Waals surface area (Å²) in [6.07, 6.45) is 1.43. The van der Waals surface area contributed by atoms with Crippen LogP contribution >= 0.6 is 0 Å². The first-order chi connectivity index (χ1) is 11.1. The minimum absolute atomic E-state index is 0.140. The molecule has 0 aromatic carbocycles. The summed E-state index contributed by atoms with van der Waals surface area (Å²) < 4.78 is 12.5. The van der Waals surface area contributed by atoms with Crippen molar-refractivity contribution in [1.29, 1.82) is 0 Å². The van der Waals surface area contributed by atoms with Crippen molar-refractivity contribution in [3.05, 3.63) is 54.1 Å². The van der Waals surface area contributed by atoms with Crippen LogP contribution in [0.15, 0.2) is 42.9 Å². The third kappa shape index (κ3) is 3.26. The van der Waals surface area contributed by atoms with Gasteiger partial charge < -0.3 is 24.7 Å². The molecule has 7 nitrogen and oxygen atoms in total. The molecule has 7 heteroatoms. The van der Waals surface area contributed by atoms with Crippen molar-refractivity contribution in [2.75, 3.05) is 6.61 Å². The van der Waals surface area contributed by atoms with Crippen LogP contribution < -0.4 is 4.57 Å². The van der Waals surface area contributed by atoms with Gasteiger partial charge in [0.05, 0.1) is 0 Å². The number of nitrogens with zero attached hydrogens (tertiary/aromatic N) is 1. The summed E-state index contributed by atoms with van der Waals surface area (Å²) in [6, 6.07) is 7.03. The summed E-state index contributed by atoms with van der Waals surface area (Å²) in [5.41, 5.74) is 1.32. The third-order valence-electron chi connectivity index (χ3n) is 3.80. The van der Waals surface area contributed by atoms with E-state index in [1.165, 1.54) is 0 Å². The highest BCUT2D eigenvalue weighted by Crippen LogP contribution is 2.25. The zero-order chi connectivity index (χ0) is 16.4. The van der Waals surface area contributed by atoms with Gasteiger partial charge in [0.2, 0.25) is 0 Å². The average Bonchev–Trinajstić information content (AvgIpc) is 3.16. The molecule has 0 aliphatic carbocycles. The third-order valence-corrected chi connectivity index (χ3v) is 3.80. The Morgan fingerprint density at radius 2 is 2.17 bits per heavy atom. The van der Waals surface area contributed by atoms with Crippen molar-refractivity contribution >= 4 is 5.97 Å². The number of pyridine rings is 1. The van der Waals surface area contributed by atoms with Gasteiger partial charge in [-0.1, -0.05) is 0 Å². The van der Waals surface area contributed by atoms with E-state index in [9.17, 15) is 15.0 Å². The molecule has 3 heterocycles. The van der Waals surface area contributed by atoms with Crippen LogP contribution in [0.5, 0.6) is 0 Å². The van der Waals surface area contributed by atoms with Crippen molar-refractivity contribution in [1.82, 2.24) is 4.98 Å². The van der Waals surface area contributed by atoms with Crippen LogP contribution in [-0.4, -0.2) is 46.1 Å². The van der Waals surface area contributed by atoms with Crippen molar-refractivity contribution in [2.45, 2.75) is 31.5 Å². The van der Waals surface area contributed by atoms with Crippen LogP contribution in [0.1, 0.15) is 22.3 Å². The smallest absolute Gasteiger partial charge is 0.354 e. The topological polar surface area (TPSA) is 95.7 Å². The van der Waals surface area contributed by atoms with Crippen molar-refractivity contribution < 1.29 is 29.0 Å². The lowest BCUT2D eigenvalue weighted by molar-refractivity contribution is -0.766. The number of hydrogen-bond donors (Lipinski definition) is 3. The second-order valence-electron chi connectivity index (χ2n) is 5.56. The first kappa shape index (κ1) is 15.7. The number of aryl methyl sites for hydroxylation is 1. The molecule has 4 atom stereocenters. The normalized spacial score (nSPS) is 27.1. The number of H-pyrrole nitrogens is 1. The minimum atomic E-state index is -1.13. The minimum Gasteiger partial charge on any atom is -0.458 e. The monoisotopic (exact) mass is 319 g/mol. The van der Waals surface area contributed by atoms with Crippen molar-refractivity contribution in [2.24, 2.45) is 0 Å². The Hall–Kier alpha value is -2.22. The predicted molar refractivity (Wildman–Crippen MR) is 78.4 cm³/mol. The Morgan fingerprint density at radius 3 is 2.87 bits per heavy atom. The van der Waals surface area contributed by atoms with Gasteiger partial charge in [-0.15, -0.1) is 0 Å². The highest BCUT2D eigenvalue weighted by atomic mass is 16.6. The van der Waals surface area contributed by atoms with E-state index in [1.54, 1.807) is 29.1 Å². The molecule has 1 aliphatic heterocycles. The van der Waals surface area contributed by atoms with Crippen LogP contribution in [0.3, 0.4) is 0 Å². The molecule has 0 amide bonds. The predicted octanol–water partition coefficient (Wildman–Crippen LogP) is 0.0868. The molecule has 0 radical (unpaired) electrons. The fraction of sp³-hybridized carbons (Fsp3) is 0.375. The van der Waals surface area contributed by atoms with Gasteiger partial charge in [0.15, 0.2) is 18.5 Å². The number of hydrogen-bond acceptors (Lipinski definition) is 5. The maximum atomic E-state index is 11.8. The molecular formula is C16H19N2O5+. The van der Waals surface area contributed by atoms with Gasteiger partial charge in [-0.2, -0.15) is 4.57 Å². The number of carbonyl (C=O) groups excluding carboxylic acids is 1. The fourth-order valence-electron chi connectivity index (χ4n) is 2.58. The number of esters is 1. The molecule has 3 rings (SSSR count). The Balaban J connectivity index is 1.64. The summed E-state index contributed by atoms with van der Waals surface area (Å²) in [6.45, 7) is 1.78. The SMILES string of the molecule is Cc1ccc[n+](C2OC(COC(=O)c3ccc[nH]3)C(O)C2O)c1. The molecule has 0 saturated carbocycles. The molecular weight excluding hydrogens is 300 g/mol. The molecule has 2 aromatic rings. The Morgan fingerprint density at radius 1 is 1.35 bits per heavy atom. The average molecular weight is 319 g/mol. The summed E-state index contributed by atoms with van der Waals surface area (Å²) in [5.74, 6) is -0.535. The number of aliphatic hydroxyl groups excluding tert-OH is 2. The Bertz CT molecular complexity index is 673. The number of ether oxygens (including phenoxy) is 2. The van der Waals surface area contributed by atoms with Gasteiger partial charge in [-0.3, -0.25) is 0 Å². The lowest BCUT2D eigenvalue weighted by Crippen LogP contribution is -2.45. The van der Waals surface area contributed by atoms with Crippen LogP contribution in [0.25, 0.3) is 0 Å². The first-order valence-corrected chi connectivity index (χ1v) is 7.36. The Labute approximate surface area is 133 Å².